The summed E-state index contributed by atoms with van der Waals surface area (Å²) in [6.07, 6.45) is 0.958. The first-order chi connectivity index (χ1) is 11.5. The SMILES string of the molecule is CCSc1n[nH]c(NC(=O)CCCOc2cc(C)c(Cl)c(C)c2)n1. The van der Waals surface area contributed by atoms with Crippen LogP contribution in [0.3, 0.4) is 0 Å². The van der Waals surface area contributed by atoms with E-state index < -0.39 is 0 Å². The van der Waals surface area contributed by atoms with E-state index in [1.807, 2.05) is 32.9 Å². The number of thioether (sulfide) groups is 1. The van der Waals surface area contributed by atoms with Crippen LogP contribution < -0.4 is 10.1 Å². The van der Waals surface area contributed by atoms with Gasteiger partial charge in [-0.1, -0.05) is 30.3 Å². The molecule has 2 N–H and O–H groups in total. The van der Waals surface area contributed by atoms with Crippen molar-refractivity contribution in [2.24, 2.45) is 0 Å². The maximum Gasteiger partial charge on any atom is 0.226 e. The predicted octanol–water partition coefficient (Wildman–Crippen LogP) is 3.98. The third-order valence-corrected chi connectivity index (χ3v) is 4.55. The fourth-order valence-corrected chi connectivity index (χ4v) is 2.74. The molecule has 0 fully saturated rings. The summed E-state index contributed by atoms with van der Waals surface area (Å²) < 4.78 is 5.68. The minimum Gasteiger partial charge on any atom is -0.494 e. The Labute approximate surface area is 150 Å². The van der Waals surface area contributed by atoms with Crippen LogP contribution in [0.4, 0.5) is 5.95 Å². The Kier molecular flexibility index (Phi) is 6.93. The number of aryl methyl sites for hydroxylation is 2. The zero-order valence-corrected chi connectivity index (χ0v) is 15.6. The predicted molar refractivity (Wildman–Crippen MR) is 97.1 cm³/mol. The number of aromatic amines is 1. The van der Waals surface area contributed by atoms with Gasteiger partial charge in [-0.05, 0) is 49.3 Å². The molecule has 8 heteroatoms. The number of H-pyrrole nitrogens is 1. The minimum absolute atomic E-state index is 0.119. The number of anilines is 1. The number of amides is 1. The fourth-order valence-electron chi connectivity index (χ4n) is 2.10. The number of nitrogens with zero attached hydrogens (tertiary/aromatic N) is 2. The Morgan fingerprint density at radius 2 is 2.08 bits per heavy atom. The zero-order valence-electron chi connectivity index (χ0n) is 14.0. The fraction of sp³-hybridized carbons (Fsp3) is 0.438. The molecule has 1 aromatic heterocycles. The number of aromatic nitrogens is 3. The van der Waals surface area contributed by atoms with Gasteiger partial charge < -0.3 is 4.74 Å². The number of hydrogen-bond acceptors (Lipinski definition) is 5. The minimum atomic E-state index is -0.119. The molecule has 2 aromatic rings. The molecule has 1 heterocycles. The van der Waals surface area contributed by atoms with Gasteiger partial charge in [-0.15, -0.1) is 5.10 Å². The molecular weight excluding hydrogens is 348 g/mol. The molecule has 0 saturated heterocycles. The lowest BCUT2D eigenvalue weighted by Gasteiger charge is -2.09. The third-order valence-electron chi connectivity index (χ3n) is 3.22. The van der Waals surface area contributed by atoms with E-state index in [1.54, 1.807) is 0 Å². The zero-order chi connectivity index (χ0) is 17.5. The lowest BCUT2D eigenvalue weighted by Crippen LogP contribution is -2.13. The molecule has 1 amide bonds. The molecule has 0 unspecified atom stereocenters. The average Bonchev–Trinajstić information content (AvgIpc) is 2.96. The summed E-state index contributed by atoms with van der Waals surface area (Å²) in [5, 5.41) is 10.8. The van der Waals surface area contributed by atoms with Crippen LogP contribution in [0.25, 0.3) is 0 Å². The van der Waals surface area contributed by atoms with Crippen LogP contribution in [0.1, 0.15) is 30.9 Å². The van der Waals surface area contributed by atoms with E-state index in [0.29, 0.717) is 30.6 Å². The second-order valence-corrected chi connectivity index (χ2v) is 6.88. The normalized spacial score (nSPS) is 10.7. The summed E-state index contributed by atoms with van der Waals surface area (Å²) in [4.78, 5) is 16.0. The summed E-state index contributed by atoms with van der Waals surface area (Å²) in [6.45, 7) is 6.36. The highest BCUT2D eigenvalue weighted by atomic mass is 35.5. The van der Waals surface area contributed by atoms with E-state index in [4.69, 9.17) is 16.3 Å². The van der Waals surface area contributed by atoms with Crippen molar-refractivity contribution < 1.29 is 9.53 Å². The molecule has 0 atom stereocenters. The number of carbonyl (C=O) groups is 1. The first-order valence-corrected chi connectivity index (χ1v) is 9.10. The van der Waals surface area contributed by atoms with Crippen molar-refractivity contribution in [1.29, 1.82) is 0 Å². The summed E-state index contributed by atoms with van der Waals surface area (Å²) in [7, 11) is 0. The Morgan fingerprint density at radius 1 is 1.38 bits per heavy atom. The number of carbonyl (C=O) groups excluding carboxylic acids is 1. The van der Waals surface area contributed by atoms with E-state index in [2.05, 4.69) is 20.5 Å². The Balaban J connectivity index is 1.72. The number of ether oxygens (including phenoxy) is 1. The van der Waals surface area contributed by atoms with Gasteiger partial charge in [-0.3, -0.25) is 10.1 Å². The second-order valence-electron chi connectivity index (χ2n) is 5.27. The van der Waals surface area contributed by atoms with Crippen LogP contribution in [0.2, 0.25) is 5.02 Å². The number of hydrogen-bond donors (Lipinski definition) is 2. The highest BCUT2D eigenvalue weighted by Crippen LogP contribution is 2.25. The van der Waals surface area contributed by atoms with Crippen molar-refractivity contribution in [3.63, 3.8) is 0 Å². The molecule has 0 aliphatic carbocycles. The maximum absolute atomic E-state index is 11.9. The maximum atomic E-state index is 11.9. The average molecular weight is 369 g/mol. The Morgan fingerprint density at radius 3 is 2.75 bits per heavy atom. The number of benzene rings is 1. The Bertz CT molecular complexity index is 682. The van der Waals surface area contributed by atoms with Crippen molar-refractivity contribution in [1.82, 2.24) is 15.2 Å². The molecule has 1 aromatic carbocycles. The van der Waals surface area contributed by atoms with Gasteiger partial charge >= 0.3 is 0 Å². The molecular formula is C16H21ClN4O2S. The molecule has 0 bridgehead atoms. The monoisotopic (exact) mass is 368 g/mol. The highest BCUT2D eigenvalue weighted by molar-refractivity contribution is 7.99. The van der Waals surface area contributed by atoms with Crippen LogP contribution in [-0.4, -0.2) is 33.4 Å². The van der Waals surface area contributed by atoms with E-state index >= 15 is 0 Å². The molecule has 0 saturated carbocycles. The van der Waals surface area contributed by atoms with Gasteiger partial charge in [0.2, 0.25) is 17.0 Å². The Hall–Kier alpha value is -1.73. The quantitative estimate of drug-likeness (QED) is 0.544. The lowest BCUT2D eigenvalue weighted by molar-refractivity contribution is -0.116. The van der Waals surface area contributed by atoms with Crippen molar-refractivity contribution in [2.75, 3.05) is 17.7 Å². The van der Waals surface area contributed by atoms with E-state index in [0.717, 1.165) is 27.7 Å². The molecule has 0 spiro atoms. The topological polar surface area (TPSA) is 79.9 Å². The molecule has 0 aliphatic heterocycles. The molecule has 6 nitrogen and oxygen atoms in total. The summed E-state index contributed by atoms with van der Waals surface area (Å²) in [5.41, 5.74) is 1.96. The second kappa shape index (κ2) is 8.94. The van der Waals surface area contributed by atoms with E-state index in [-0.39, 0.29) is 5.91 Å². The molecule has 24 heavy (non-hydrogen) atoms. The van der Waals surface area contributed by atoms with Crippen LogP contribution in [0.15, 0.2) is 17.3 Å². The lowest BCUT2D eigenvalue weighted by atomic mass is 10.1. The first kappa shape index (κ1) is 18.6. The van der Waals surface area contributed by atoms with Gasteiger partial charge in [-0.2, -0.15) is 4.98 Å². The van der Waals surface area contributed by atoms with E-state index in [9.17, 15) is 4.79 Å². The van der Waals surface area contributed by atoms with Crippen LogP contribution in [0.5, 0.6) is 5.75 Å². The van der Waals surface area contributed by atoms with Crippen molar-refractivity contribution in [2.45, 2.75) is 38.8 Å². The number of halogens is 1. The smallest absolute Gasteiger partial charge is 0.226 e. The van der Waals surface area contributed by atoms with Crippen LogP contribution in [0, 0.1) is 13.8 Å². The van der Waals surface area contributed by atoms with Gasteiger partial charge in [0.1, 0.15) is 5.75 Å². The number of rotatable bonds is 8. The summed E-state index contributed by atoms with van der Waals surface area (Å²) in [6, 6.07) is 3.80. The largest absolute Gasteiger partial charge is 0.494 e. The van der Waals surface area contributed by atoms with Crippen LogP contribution >= 0.6 is 23.4 Å². The van der Waals surface area contributed by atoms with E-state index in [1.165, 1.54) is 11.8 Å². The first-order valence-electron chi connectivity index (χ1n) is 7.74. The molecule has 0 aliphatic rings. The van der Waals surface area contributed by atoms with Gasteiger partial charge in [0.25, 0.3) is 0 Å². The van der Waals surface area contributed by atoms with Gasteiger partial charge in [0, 0.05) is 11.4 Å². The summed E-state index contributed by atoms with van der Waals surface area (Å²) >= 11 is 7.64. The van der Waals surface area contributed by atoms with Gasteiger partial charge in [-0.25, -0.2) is 5.10 Å². The summed E-state index contributed by atoms with van der Waals surface area (Å²) in [5.74, 6) is 1.91. The standard InChI is InChI=1S/C16H21ClN4O2S/c1-4-24-16-19-15(20-21-16)18-13(22)6-5-7-23-12-8-10(2)14(17)11(3)9-12/h8-9H,4-7H2,1-3H3,(H2,18,19,20,21,22). The van der Waals surface area contributed by atoms with Crippen molar-refractivity contribution in [3.8, 4) is 5.75 Å². The molecule has 130 valence electrons. The highest BCUT2D eigenvalue weighted by Gasteiger charge is 2.08. The molecule has 0 radical (unpaired) electrons. The number of nitrogens with one attached hydrogen (secondary N) is 2. The van der Waals surface area contributed by atoms with Crippen molar-refractivity contribution in [3.05, 3.63) is 28.3 Å². The van der Waals surface area contributed by atoms with Crippen LogP contribution in [-0.2, 0) is 4.79 Å². The molecule has 2 rings (SSSR count). The van der Waals surface area contributed by atoms with Gasteiger partial charge in [0.05, 0.1) is 6.61 Å². The van der Waals surface area contributed by atoms with Crippen molar-refractivity contribution >= 4 is 35.2 Å². The third kappa shape index (κ3) is 5.42. The van der Waals surface area contributed by atoms with Gasteiger partial charge in [0.15, 0.2) is 0 Å².